The van der Waals surface area contributed by atoms with Gasteiger partial charge in [0.1, 0.15) is 0 Å². The maximum absolute atomic E-state index is 13.0. The normalized spacial score (nSPS) is 19.8. The Morgan fingerprint density at radius 2 is 1.61 bits per heavy atom. The number of nitrogens with zero attached hydrogens (tertiary/aromatic N) is 5. The van der Waals surface area contributed by atoms with Gasteiger partial charge in [0.25, 0.3) is 5.56 Å². The number of fused-ring (bicyclic) bond motifs is 1. The monoisotopic (exact) mass is 456 g/mol. The summed E-state index contributed by atoms with van der Waals surface area (Å²) >= 11 is 0. The van der Waals surface area contributed by atoms with E-state index in [1.54, 1.807) is 7.05 Å². The largest absolute Gasteiger partial charge is 0.334 e. The zero-order valence-corrected chi connectivity index (χ0v) is 20.6. The van der Waals surface area contributed by atoms with E-state index in [9.17, 15) is 9.59 Å². The third-order valence-corrected chi connectivity index (χ3v) is 7.72. The zero-order valence-electron chi connectivity index (χ0n) is 20.6. The molecular formula is C25H40N6O2. The molecule has 33 heavy (non-hydrogen) atoms. The number of rotatable bonds is 6. The van der Waals surface area contributed by atoms with Gasteiger partial charge in [-0.15, -0.1) is 10.2 Å². The first kappa shape index (κ1) is 23.9. The zero-order chi connectivity index (χ0) is 23.4. The lowest BCUT2D eigenvalue weighted by atomic mass is 9.93. The van der Waals surface area contributed by atoms with Gasteiger partial charge in [0.05, 0.1) is 11.0 Å². The summed E-state index contributed by atoms with van der Waals surface area (Å²) in [5, 5.41) is 13.5. The molecular weight excluding hydrogens is 416 g/mol. The van der Waals surface area contributed by atoms with Crippen LogP contribution < -0.4 is 21.5 Å². The third-order valence-electron chi connectivity index (χ3n) is 7.72. The number of nitrogens with one attached hydrogen (secondary N) is 1. The smallest absolute Gasteiger partial charge is 0.332 e. The fraction of sp³-hybridized carbons (Fsp3) is 0.760. The molecule has 2 aromatic heterocycles. The predicted molar refractivity (Wildman–Crippen MR) is 133 cm³/mol. The number of anilines is 1. The maximum Gasteiger partial charge on any atom is 0.332 e. The van der Waals surface area contributed by atoms with E-state index in [-0.39, 0.29) is 16.9 Å². The van der Waals surface area contributed by atoms with Gasteiger partial charge >= 0.3 is 5.69 Å². The van der Waals surface area contributed by atoms with Gasteiger partial charge in [-0.05, 0) is 57.6 Å². The van der Waals surface area contributed by atoms with E-state index < -0.39 is 0 Å². The number of aryl methyl sites for hydroxylation is 1. The molecule has 0 atom stereocenters. The highest BCUT2D eigenvalue weighted by molar-refractivity contribution is 5.76. The topological polar surface area (TPSA) is 85.0 Å². The first-order chi connectivity index (χ1) is 16.0. The summed E-state index contributed by atoms with van der Waals surface area (Å²) in [4.78, 5) is 28.0. The summed E-state index contributed by atoms with van der Waals surface area (Å²) in [6, 6.07) is 2.27. The molecule has 2 aliphatic rings. The Bertz CT molecular complexity index is 1060. The highest BCUT2D eigenvalue weighted by Gasteiger charge is 2.41. The number of hydrogen-bond acceptors (Lipinski definition) is 6. The molecule has 8 heteroatoms. The van der Waals surface area contributed by atoms with Crippen LogP contribution >= 0.6 is 0 Å². The Kier molecular flexibility index (Phi) is 7.51. The molecule has 2 saturated carbocycles. The van der Waals surface area contributed by atoms with E-state index in [0.717, 1.165) is 44.5 Å². The minimum absolute atomic E-state index is 0.171. The summed E-state index contributed by atoms with van der Waals surface area (Å²) in [5.41, 5.74) is -0.499. The van der Waals surface area contributed by atoms with Gasteiger partial charge in [-0.1, -0.05) is 45.4 Å². The SMILES string of the molecule is CCCNC1(N(c2cc3c(=O)n(C)c(=O)n(C)c3nn2)C2CCCCCC2)CCCCCC1. The second-order valence-corrected chi connectivity index (χ2v) is 10.0. The Hall–Kier alpha value is -2.22. The van der Waals surface area contributed by atoms with Crippen molar-refractivity contribution in [2.45, 2.75) is 102 Å². The third kappa shape index (κ3) is 4.72. The molecule has 182 valence electrons. The Morgan fingerprint density at radius 1 is 0.970 bits per heavy atom. The molecule has 0 radical (unpaired) electrons. The summed E-state index contributed by atoms with van der Waals surface area (Å²) in [6.45, 7) is 3.17. The minimum atomic E-state index is -0.375. The van der Waals surface area contributed by atoms with Crippen molar-refractivity contribution < 1.29 is 0 Å². The van der Waals surface area contributed by atoms with Crippen molar-refractivity contribution in [2.24, 2.45) is 14.1 Å². The van der Waals surface area contributed by atoms with Gasteiger partial charge < -0.3 is 4.90 Å². The molecule has 8 nitrogen and oxygen atoms in total. The van der Waals surface area contributed by atoms with Crippen LogP contribution in [0.2, 0.25) is 0 Å². The van der Waals surface area contributed by atoms with Gasteiger partial charge in [0.15, 0.2) is 11.5 Å². The van der Waals surface area contributed by atoms with E-state index in [1.807, 2.05) is 6.07 Å². The van der Waals surface area contributed by atoms with Gasteiger partial charge in [-0.3, -0.25) is 19.2 Å². The van der Waals surface area contributed by atoms with Gasteiger partial charge in [-0.25, -0.2) is 4.79 Å². The van der Waals surface area contributed by atoms with Gasteiger partial charge in [0.2, 0.25) is 0 Å². The van der Waals surface area contributed by atoms with Crippen LogP contribution in [0.3, 0.4) is 0 Å². The standard InChI is InChI=1S/C25H40N6O2/c1-4-17-26-25(15-11-7-8-12-16-25)31(19-13-9-5-6-10-14-19)21-18-20-22(28-27-21)29(2)24(33)30(3)23(20)32/h18-19,26H,4-17H2,1-3H3. The molecule has 1 N–H and O–H groups in total. The molecule has 0 saturated heterocycles. The molecule has 0 spiro atoms. The number of hydrogen-bond donors (Lipinski definition) is 1. The van der Waals surface area contributed by atoms with Gasteiger partial charge in [-0.2, -0.15) is 0 Å². The Morgan fingerprint density at radius 3 is 2.24 bits per heavy atom. The Balaban J connectivity index is 1.89. The van der Waals surface area contributed by atoms with Crippen molar-refractivity contribution in [3.8, 4) is 0 Å². The van der Waals surface area contributed by atoms with Crippen LogP contribution in [0.15, 0.2) is 15.7 Å². The van der Waals surface area contributed by atoms with E-state index in [2.05, 4.69) is 27.3 Å². The highest BCUT2D eigenvalue weighted by Crippen LogP contribution is 2.38. The molecule has 0 bridgehead atoms. The summed E-state index contributed by atoms with van der Waals surface area (Å²) in [5.74, 6) is 0.774. The van der Waals surface area contributed by atoms with Crippen molar-refractivity contribution in [2.75, 3.05) is 11.4 Å². The van der Waals surface area contributed by atoms with Crippen LogP contribution in [-0.2, 0) is 14.1 Å². The van der Waals surface area contributed by atoms with E-state index in [4.69, 9.17) is 0 Å². The Labute approximate surface area is 196 Å². The van der Waals surface area contributed by atoms with Crippen molar-refractivity contribution in [1.29, 1.82) is 0 Å². The molecule has 0 aromatic carbocycles. The van der Waals surface area contributed by atoms with Crippen LogP contribution in [0.1, 0.15) is 90.4 Å². The van der Waals surface area contributed by atoms with Gasteiger partial charge in [0, 0.05) is 20.1 Å². The first-order valence-electron chi connectivity index (χ1n) is 13.0. The maximum atomic E-state index is 13.0. The predicted octanol–water partition coefficient (Wildman–Crippen LogP) is 3.61. The van der Waals surface area contributed by atoms with Crippen LogP contribution in [-0.4, -0.2) is 37.6 Å². The molecule has 2 fully saturated rings. The molecule has 0 amide bonds. The summed E-state index contributed by atoms with van der Waals surface area (Å²) < 4.78 is 2.58. The number of aromatic nitrogens is 4. The second kappa shape index (κ2) is 10.4. The average molecular weight is 457 g/mol. The minimum Gasteiger partial charge on any atom is -0.334 e. The van der Waals surface area contributed by atoms with E-state index in [0.29, 0.717) is 17.1 Å². The van der Waals surface area contributed by atoms with Crippen LogP contribution in [0, 0.1) is 0 Å². The lowest BCUT2D eigenvalue weighted by Gasteiger charge is -2.49. The molecule has 2 heterocycles. The van der Waals surface area contributed by atoms with Crippen molar-refractivity contribution in [1.82, 2.24) is 24.6 Å². The van der Waals surface area contributed by atoms with E-state index in [1.165, 1.54) is 67.5 Å². The van der Waals surface area contributed by atoms with Crippen LogP contribution in [0.25, 0.3) is 11.0 Å². The fourth-order valence-corrected chi connectivity index (χ4v) is 5.93. The molecule has 0 unspecified atom stereocenters. The van der Waals surface area contributed by atoms with Crippen LogP contribution in [0.4, 0.5) is 5.82 Å². The average Bonchev–Trinajstić information content (AvgIpc) is 3.24. The second-order valence-electron chi connectivity index (χ2n) is 10.0. The molecule has 0 aliphatic heterocycles. The van der Waals surface area contributed by atoms with Crippen molar-refractivity contribution in [3.63, 3.8) is 0 Å². The highest BCUT2D eigenvalue weighted by atomic mass is 16.2. The van der Waals surface area contributed by atoms with Crippen molar-refractivity contribution >= 4 is 16.9 Å². The summed E-state index contributed by atoms with van der Waals surface area (Å²) in [7, 11) is 3.18. The first-order valence-corrected chi connectivity index (χ1v) is 13.0. The molecule has 2 aromatic rings. The lowest BCUT2D eigenvalue weighted by Crippen LogP contribution is -2.63. The molecule has 2 aliphatic carbocycles. The molecule has 4 rings (SSSR count). The van der Waals surface area contributed by atoms with Crippen molar-refractivity contribution in [3.05, 3.63) is 26.9 Å². The van der Waals surface area contributed by atoms with Crippen LogP contribution in [0.5, 0.6) is 0 Å². The fourth-order valence-electron chi connectivity index (χ4n) is 5.93. The lowest BCUT2D eigenvalue weighted by molar-refractivity contribution is 0.239. The van der Waals surface area contributed by atoms with E-state index >= 15 is 0 Å². The quantitative estimate of drug-likeness (QED) is 0.528. The summed E-state index contributed by atoms with van der Waals surface area (Å²) in [6.07, 6.45) is 15.4.